The zero-order valence-electron chi connectivity index (χ0n) is 30.1. The Morgan fingerprint density at radius 3 is 1.28 bits per heavy atom. The van der Waals surface area contributed by atoms with Crippen LogP contribution in [0.15, 0.2) is 94.7 Å². The molecule has 0 aliphatic rings. The summed E-state index contributed by atoms with van der Waals surface area (Å²) in [5, 5.41) is 6.70. The van der Waals surface area contributed by atoms with Crippen molar-refractivity contribution < 1.29 is 26.4 Å². The Labute approximate surface area is 326 Å². The SMILES string of the molecule is Cc1ccc(C)c(NC(=O)CCCCC(N)S(=O)(=O)c2ccc(Cl)c3ccccc23)c1NC(=O)CCCCC(N)S(=O)(=O)c1ccc(Cl)c2ccccc12. The number of carbonyl (C=O) groups is 2. The van der Waals surface area contributed by atoms with Gasteiger partial charge in [-0.1, -0.05) is 96.7 Å². The van der Waals surface area contributed by atoms with Gasteiger partial charge in [0.15, 0.2) is 19.7 Å². The van der Waals surface area contributed by atoms with Gasteiger partial charge in [-0.3, -0.25) is 9.59 Å². The van der Waals surface area contributed by atoms with E-state index in [-0.39, 0.29) is 47.3 Å². The lowest BCUT2D eigenvalue weighted by Crippen LogP contribution is -2.30. The maximum atomic E-state index is 13.4. The number of hydrogen-bond donors (Lipinski definition) is 4. The lowest BCUT2D eigenvalue weighted by molar-refractivity contribution is -0.117. The number of fused-ring (bicyclic) bond motifs is 2. The van der Waals surface area contributed by atoms with Gasteiger partial charge in [0.05, 0.1) is 21.2 Å². The smallest absolute Gasteiger partial charge is 0.224 e. The second-order valence-electron chi connectivity index (χ2n) is 13.4. The van der Waals surface area contributed by atoms with E-state index in [1.165, 1.54) is 12.1 Å². The first kappa shape index (κ1) is 41.1. The number of amides is 2. The molecule has 286 valence electrons. The van der Waals surface area contributed by atoms with E-state index in [0.29, 0.717) is 68.6 Å². The van der Waals surface area contributed by atoms with E-state index in [9.17, 15) is 26.4 Å². The largest absolute Gasteiger partial charge is 0.324 e. The number of nitrogens with one attached hydrogen (secondary N) is 2. The van der Waals surface area contributed by atoms with Crippen LogP contribution in [0.1, 0.15) is 62.5 Å². The highest BCUT2D eigenvalue weighted by atomic mass is 35.5. The van der Waals surface area contributed by atoms with E-state index in [1.807, 2.05) is 26.0 Å². The first-order valence-electron chi connectivity index (χ1n) is 17.7. The molecule has 0 saturated carbocycles. The Balaban J connectivity index is 1.11. The molecule has 10 nitrogen and oxygen atoms in total. The molecular weight excluding hydrogens is 768 g/mol. The summed E-state index contributed by atoms with van der Waals surface area (Å²) in [5.74, 6) is -0.578. The summed E-state index contributed by atoms with van der Waals surface area (Å²) in [5.41, 5.74) is 14.8. The van der Waals surface area contributed by atoms with Crippen LogP contribution in [-0.2, 0) is 29.3 Å². The van der Waals surface area contributed by atoms with Crippen molar-refractivity contribution in [1.29, 1.82) is 0 Å². The van der Waals surface area contributed by atoms with E-state index in [0.717, 1.165) is 11.1 Å². The van der Waals surface area contributed by atoms with Crippen LogP contribution in [-0.4, -0.2) is 39.4 Å². The number of hydrogen-bond acceptors (Lipinski definition) is 8. The number of anilines is 2. The van der Waals surface area contributed by atoms with Crippen molar-refractivity contribution >= 4 is 87.6 Å². The zero-order chi connectivity index (χ0) is 39.2. The van der Waals surface area contributed by atoms with Crippen molar-refractivity contribution in [3.8, 4) is 0 Å². The highest BCUT2D eigenvalue weighted by Crippen LogP contribution is 2.34. The summed E-state index contributed by atoms with van der Waals surface area (Å²) in [7, 11) is -7.72. The van der Waals surface area contributed by atoms with Gasteiger partial charge in [0.25, 0.3) is 0 Å². The van der Waals surface area contributed by atoms with Gasteiger partial charge in [-0.15, -0.1) is 0 Å². The molecule has 54 heavy (non-hydrogen) atoms. The molecule has 0 aromatic heterocycles. The summed E-state index contributed by atoms with van der Waals surface area (Å²) >= 11 is 12.5. The van der Waals surface area contributed by atoms with E-state index >= 15 is 0 Å². The highest BCUT2D eigenvalue weighted by molar-refractivity contribution is 7.92. The molecule has 5 rings (SSSR count). The second kappa shape index (κ2) is 17.6. The van der Waals surface area contributed by atoms with Crippen molar-refractivity contribution in [2.75, 3.05) is 10.6 Å². The van der Waals surface area contributed by atoms with Gasteiger partial charge in [-0.25, -0.2) is 16.8 Å². The molecule has 5 aromatic rings. The maximum absolute atomic E-state index is 13.4. The Bertz CT molecular complexity index is 2250. The molecule has 0 radical (unpaired) electrons. The average Bonchev–Trinajstić information content (AvgIpc) is 3.14. The standard InChI is InChI=1S/C40H44Cl2N4O6S2/c1-25-19-20-26(2)40(46-38(48)18-10-8-16-36(44)54(51,52)34-24-22-32(42)28-12-4-6-14-30(28)34)39(25)45-37(47)17-9-7-15-35(43)53(49,50)33-23-21-31(41)27-11-3-5-13-29(27)33/h3-6,11-14,19-24,35-36H,7-10,15-18,43-44H2,1-2H3,(H,45,47)(H,46,48). The third-order valence-corrected chi connectivity index (χ3v) is 14.2. The summed E-state index contributed by atoms with van der Waals surface area (Å²) in [6.07, 6.45) is 2.15. The predicted octanol–water partition coefficient (Wildman–Crippen LogP) is 8.43. The lowest BCUT2D eigenvalue weighted by atomic mass is 10.1. The van der Waals surface area contributed by atoms with Crippen molar-refractivity contribution in [3.05, 3.63) is 106 Å². The summed E-state index contributed by atoms with van der Waals surface area (Å²) in [6, 6.07) is 23.7. The molecule has 2 atom stereocenters. The minimum atomic E-state index is -3.86. The van der Waals surface area contributed by atoms with Crippen LogP contribution in [0.3, 0.4) is 0 Å². The van der Waals surface area contributed by atoms with Crippen LogP contribution in [0.5, 0.6) is 0 Å². The predicted molar refractivity (Wildman–Crippen MR) is 218 cm³/mol. The summed E-state index contributed by atoms with van der Waals surface area (Å²) in [6.45, 7) is 3.64. The van der Waals surface area contributed by atoms with Gasteiger partial charge in [-0.2, -0.15) is 0 Å². The molecule has 0 heterocycles. The number of aryl methyl sites for hydroxylation is 2. The Kier molecular flexibility index (Phi) is 13.4. The molecule has 0 aliphatic heterocycles. The monoisotopic (exact) mass is 810 g/mol. The van der Waals surface area contributed by atoms with Crippen LogP contribution in [0.4, 0.5) is 11.4 Å². The normalized spacial score (nSPS) is 13.1. The third-order valence-electron chi connectivity index (χ3n) is 9.51. The zero-order valence-corrected chi connectivity index (χ0v) is 33.2. The van der Waals surface area contributed by atoms with E-state index in [1.54, 1.807) is 60.7 Å². The van der Waals surface area contributed by atoms with Gasteiger partial charge < -0.3 is 22.1 Å². The number of nitrogens with two attached hydrogens (primary N) is 2. The number of unbranched alkanes of at least 4 members (excludes halogenated alkanes) is 2. The molecule has 0 fully saturated rings. The van der Waals surface area contributed by atoms with Crippen LogP contribution in [0.25, 0.3) is 21.5 Å². The Hall–Kier alpha value is -4.04. The number of sulfone groups is 2. The van der Waals surface area contributed by atoms with Crippen molar-refractivity contribution in [3.63, 3.8) is 0 Å². The second-order valence-corrected chi connectivity index (χ2v) is 18.5. The van der Waals surface area contributed by atoms with Crippen LogP contribution in [0.2, 0.25) is 10.0 Å². The number of rotatable bonds is 16. The van der Waals surface area contributed by atoms with Gasteiger partial charge in [-0.05, 0) is 74.9 Å². The topological polar surface area (TPSA) is 179 Å². The van der Waals surface area contributed by atoms with Crippen molar-refractivity contribution in [2.24, 2.45) is 11.5 Å². The molecule has 0 aliphatic carbocycles. The molecular formula is C40H44Cl2N4O6S2. The minimum absolute atomic E-state index is 0.117. The number of carbonyl (C=O) groups excluding carboxylic acids is 2. The van der Waals surface area contributed by atoms with E-state index in [2.05, 4.69) is 10.6 Å². The molecule has 6 N–H and O–H groups in total. The fourth-order valence-corrected chi connectivity index (χ4v) is 9.95. The van der Waals surface area contributed by atoms with Crippen LogP contribution < -0.4 is 22.1 Å². The van der Waals surface area contributed by atoms with Crippen molar-refractivity contribution in [2.45, 2.75) is 85.8 Å². The van der Waals surface area contributed by atoms with Crippen LogP contribution in [0, 0.1) is 13.8 Å². The van der Waals surface area contributed by atoms with Crippen molar-refractivity contribution in [1.82, 2.24) is 0 Å². The fourth-order valence-electron chi connectivity index (χ4n) is 6.40. The first-order valence-corrected chi connectivity index (χ1v) is 21.5. The van der Waals surface area contributed by atoms with Gasteiger partial charge >= 0.3 is 0 Å². The first-order chi connectivity index (χ1) is 25.6. The highest BCUT2D eigenvalue weighted by Gasteiger charge is 2.27. The minimum Gasteiger partial charge on any atom is -0.324 e. The summed E-state index contributed by atoms with van der Waals surface area (Å²) < 4.78 is 53.4. The number of benzene rings is 5. The van der Waals surface area contributed by atoms with E-state index in [4.69, 9.17) is 34.7 Å². The molecule has 0 bridgehead atoms. The molecule has 14 heteroatoms. The maximum Gasteiger partial charge on any atom is 0.224 e. The van der Waals surface area contributed by atoms with Crippen LogP contribution >= 0.6 is 23.2 Å². The van der Waals surface area contributed by atoms with Gasteiger partial charge in [0.1, 0.15) is 10.7 Å². The lowest BCUT2D eigenvalue weighted by Gasteiger charge is -2.18. The molecule has 0 spiro atoms. The van der Waals surface area contributed by atoms with E-state index < -0.39 is 30.4 Å². The summed E-state index contributed by atoms with van der Waals surface area (Å²) in [4.78, 5) is 26.3. The molecule has 2 unspecified atom stereocenters. The molecule has 2 amide bonds. The fraction of sp³-hybridized carbons (Fsp3) is 0.300. The number of halogens is 2. The Morgan fingerprint density at radius 2 is 0.907 bits per heavy atom. The Morgan fingerprint density at radius 1 is 0.556 bits per heavy atom. The molecule has 5 aromatic carbocycles. The quantitative estimate of drug-likeness (QED) is 0.0718. The van der Waals surface area contributed by atoms with Gasteiger partial charge in [0, 0.05) is 44.4 Å². The average molecular weight is 812 g/mol. The third kappa shape index (κ3) is 9.24. The molecule has 0 saturated heterocycles. The van der Waals surface area contributed by atoms with Gasteiger partial charge in [0.2, 0.25) is 11.8 Å².